The maximum absolute atomic E-state index is 12.2. The first-order valence-corrected chi connectivity index (χ1v) is 7.26. The minimum atomic E-state index is -0.103. The molecule has 1 heterocycles. The summed E-state index contributed by atoms with van der Waals surface area (Å²) in [6, 6.07) is -0.102. The summed E-state index contributed by atoms with van der Waals surface area (Å²) < 4.78 is 0. The van der Waals surface area contributed by atoms with Crippen molar-refractivity contribution in [3.05, 3.63) is 0 Å². The van der Waals surface area contributed by atoms with Gasteiger partial charge in [0.05, 0.1) is 6.04 Å². The van der Waals surface area contributed by atoms with Crippen molar-refractivity contribution in [2.75, 3.05) is 19.7 Å². The highest BCUT2D eigenvalue weighted by Crippen LogP contribution is 2.29. The molecule has 2 atom stereocenters. The number of likely N-dealkylation sites (tertiary alicyclic amines) is 1. The number of aliphatic hydroxyl groups is 1. The van der Waals surface area contributed by atoms with E-state index in [2.05, 4.69) is 5.32 Å². The van der Waals surface area contributed by atoms with E-state index in [1.54, 1.807) is 4.90 Å². The standard InChI is InChI=1S/C14H24N2O3/c1-10(18)15-13-8-16(7-12(13)9-17)14(19)6-11-4-2-3-5-11/h11-13,17H,2-9H2,1H3,(H,15,18)/t12-,13+/m0/s1. The number of nitrogens with zero attached hydrogens (tertiary/aromatic N) is 1. The summed E-state index contributed by atoms with van der Waals surface area (Å²) in [5.74, 6) is 0.586. The molecule has 0 aromatic carbocycles. The number of hydrogen-bond acceptors (Lipinski definition) is 3. The fourth-order valence-corrected chi connectivity index (χ4v) is 3.28. The Hall–Kier alpha value is -1.10. The van der Waals surface area contributed by atoms with Gasteiger partial charge in [-0.2, -0.15) is 0 Å². The number of aliphatic hydroxyl groups excluding tert-OH is 1. The number of carbonyl (C=O) groups is 2. The van der Waals surface area contributed by atoms with E-state index in [1.807, 2.05) is 0 Å². The Morgan fingerprint density at radius 3 is 2.53 bits per heavy atom. The first-order chi connectivity index (χ1) is 9.10. The quantitative estimate of drug-likeness (QED) is 0.781. The Morgan fingerprint density at radius 1 is 1.26 bits per heavy atom. The molecule has 0 spiro atoms. The summed E-state index contributed by atoms with van der Waals surface area (Å²) in [5.41, 5.74) is 0. The number of hydrogen-bond donors (Lipinski definition) is 2. The van der Waals surface area contributed by atoms with Crippen molar-refractivity contribution in [1.82, 2.24) is 10.2 Å². The first-order valence-electron chi connectivity index (χ1n) is 7.26. The molecule has 1 aliphatic heterocycles. The second kappa shape index (κ2) is 6.37. The molecule has 0 aromatic rings. The van der Waals surface area contributed by atoms with Crippen LogP contribution in [0.15, 0.2) is 0 Å². The zero-order valence-electron chi connectivity index (χ0n) is 11.6. The Morgan fingerprint density at radius 2 is 1.95 bits per heavy atom. The van der Waals surface area contributed by atoms with E-state index in [0.717, 1.165) is 12.8 Å². The Labute approximate surface area is 114 Å². The summed E-state index contributed by atoms with van der Waals surface area (Å²) in [6.45, 7) is 2.58. The van der Waals surface area contributed by atoms with Crippen molar-refractivity contribution >= 4 is 11.8 Å². The predicted molar refractivity (Wildman–Crippen MR) is 71.3 cm³/mol. The molecule has 2 N–H and O–H groups in total. The lowest BCUT2D eigenvalue weighted by Crippen LogP contribution is -2.40. The molecule has 0 radical (unpaired) electrons. The summed E-state index contributed by atoms with van der Waals surface area (Å²) in [6.07, 6.45) is 5.44. The van der Waals surface area contributed by atoms with E-state index < -0.39 is 0 Å². The van der Waals surface area contributed by atoms with Gasteiger partial charge >= 0.3 is 0 Å². The molecule has 108 valence electrons. The average molecular weight is 268 g/mol. The van der Waals surface area contributed by atoms with Crippen molar-refractivity contribution in [3.63, 3.8) is 0 Å². The lowest BCUT2D eigenvalue weighted by Gasteiger charge is -2.18. The highest BCUT2D eigenvalue weighted by atomic mass is 16.3. The van der Waals surface area contributed by atoms with Crippen molar-refractivity contribution in [1.29, 1.82) is 0 Å². The van der Waals surface area contributed by atoms with E-state index >= 15 is 0 Å². The molecule has 19 heavy (non-hydrogen) atoms. The minimum absolute atomic E-state index is 0.0121. The van der Waals surface area contributed by atoms with Crippen LogP contribution in [0, 0.1) is 11.8 Å². The van der Waals surface area contributed by atoms with Crippen LogP contribution >= 0.6 is 0 Å². The van der Waals surface area contributed by atoms with Crippen LogP contribution < -0.4 is 5.32 Å². The molecule has 5 nitrogen and oxygen atoms in total. The highest BCUT2D eigenvalue weighted by Gasteiger charge is 2.35. The molecule has 2 amide bonds. The van der Waals surface area contributed by atoms with E-state index in [0.29, 0.717) is 25.4 Å². The molecular formula is C14H24N2O3. The van der Waals surface area contributed by atoms with Gasteiger partial charge < -0.3 is 15.3 Å². The van der Waals surface area contributed by atoms with Crippen molar-refractivity contribution in [3.8, 4) is 0 Å². The van der Waals surface area contributed by atoms with Crippen LogP contribution in [0.1, 0.15) is 39.0 Å². The molecule has 0 bridgehead atoms. The van der Waals surface area contributed by atoms with E-state index in [1.165, 1.54) is 19.8 Å². The van der Waals surface area contributed by atoms with Gasteiger partial charge in [-0.05, 0) is 18.8 Å². The molecule has 1 aliphatic carbocycles. The lowest BCUT2D eigenvalue weighted by molar-refractivity contribution is -0.131. The van der Waals surface area contributed by atoms with Gasteiger partial charge in [0, 0.05) is 39.0 Å². The van der Waals surface area contributed by atoms with Crippen molar-refractivity contribution in [2.45, 2.75) is 45.1 Å². The molecule has 1 saturated heterocycles. The molecule has 2 rings (SSSR count). The lowest BCUT2D eigenvalue weighted by atomic mass is 10.0. The van der Waals surface area contributed by atoms with Crippen molar-refractivity contribution < 1.29 is 14.7 Å². The number of rotatable bonds is 4. The molecule has 0 unspecified atom stereocenters. The Balaban J connectivity index is 1.86. The smallest absolute Gasteiger partial charge is 0.222 e. The minimum Gasteiger partial charge on any atom is -0.396 e. The number of nitrogens with one attached hydrogen (secondary N) is 1. The van der Waals surface area contributed by atoms with Gasteiger partial charge in [0.25, 0.3) is 0 Å². The first kappa shape index (κ1) is 14.3. The van der Waals surface area contributed by atoms with Crippen LogP contribution in [-0.4, -0.2) is 47.6 Å². The third-order valence-corrected chi connectivity index (χ3v) is 4.35. The predicted octanol–water partition coefficient (Wildman–Crippen LogP) is 0.522. The average Bonchev–Trinajstić information content (AvgIpc) is 2.97. The monoisotopic (exact) mass is 268 g/mol. The fourth-order valence-electron chi connectivity index (χ4n) is 3.28. The molecule has 0 aromatic heterocycles. The van der Waals surface area contributed by atoms with E-state index in [4.69, 9.17) is 0 Å². The zero-order chi connectivity index (χ0) is 13.8. The maximum atomic E-state index is 12.2. The van der Waals surface area contributed by atoms with Gasteiger partial charge in [-0.1, -0.05) is 12.8 Å². The van der Waals surface area contributed by atoms with Crippen LogP contribution in [0.2, 0.25) is 0 Å². The molecule has 1 saturated carbocycles. The zero-order valence-corrected chi connectivity index (χ0v) is 11.6. The Bertz CT molecular complexity index is 340. The number of amides is 2. The number of carbonyl (C=O) groups excluding carboxylic acids is 2. The second-order valence-electron chi connectivity index (χ2n) is 5.90. The summed E-state index contributed by atoms with van der Waals surface area (Å²) in [5, 5.41) is 12.2. The van der Waals surface area contributed by atoms with Gasteiger partial charge in [-0.25, -0.2) is 0 Å². The largest absolute Gasteiger partial charge is 0.396 e. The van der Waals surface area contributed by atoms with E-state index in [-0.39, 0.29) is 30.4 Å². The van der Waals surface area contributed by atoms with Crippen LogP contribution in [0.4, 0.5) is 0 Å². The maximum Gasteiger partial charge on any atom is 0.222 e. The summed E-state index contributed by atoms with van der Waals surface area (Å²) in [4.78, 5) is 25.2. The third-order valence-electron chi connectivity index (χ3n) is 4.35. The second-order valence-corrected chi connectivity index (χ2v) is 5.90. The molecule has 2 fully saturated rings. The van der Waals surface area contributed by atoms with Gasteiger partial charge in [-0.3, -0.25) is 9.59 Å². The molecule has 2 aliphatic rings. The summed E-state index contributed by atoms with van der Waals surface area (Å²) in [7, 11) is 0. The van der Waals surface area contributed by atoms with Gasteiger partial charge in [0.1, 0.15) is 0 Å². The third kappa shape index (κ3) is 3.69. The highest BCUT2D eigenvalue weighted by molar-refractivity contribution is 5.77. The van der Waals surface area contributed by atoms with E-state index in [9.17, 15) is 14.7 Å². The Kier molecular flexibility index (Phi) is 4.80. The summed E-state index contributed by atoms with van der Waals surface area (Å²) >= 11 is 0. The van der Waals surface area contributed by atoms with Crippen LogP contribution in [0.5, 0.6) is 0 Å². The molecule has 5 heteroatoms. The van der Waals surface area contributed by atoms with Gasteiger partial charge in [0.15, 0.2) is 0 Å². The SMILES string of the molecule is CC(=O)N[C@@H]1CN(C(=O)CC2CCCC2)C[C@H]1CO. The van der Waals surface area contributed by atoms with Crippen LogP contribution in [0.3, 0.4) is 0 Å². The fraction of sp³-hybridized carbons (Fsp3) is 0.857. The van der Waals surface area contributed by atoms with Gasteiger partial charge in [0.2, 0.25) is 11.8 Å². The molecular weight excluding hydrogens is 244 g/mol. The van der Waals surface area contributed by atoms with Crippen molar-refractivity contribution in [2.24, 2.45) is 11.8 Å². The topological polar surface area (TPSA) is 69.6 Å². The normalized spacial score (nSPS) is 27.8. The van der Waals surface area contributed by atoms with Crippen LogP contribution in [0.25, 0.3) is 0 Å². The van der Waals surface area contributed by atoms with Gasteiger partial charge in [-0.15, -0.1) is 0 Å². The van der Waals surface area contributed by atoms with Crippen LogP contribution in [-0.2, 0) is 9.59 Å².